The highest BCUT2D eigenvalue weighted by Gasteiger charge is 2.34. The minimum absolute atomic E-state index is 0.451. The van der Waals surface area contributed by atoms with Crippen molar-refractivity contribution in [2.75, 3.05) is 0 Å². The highest BCUT2D eigenvalue weighted by atomic mass is 31.2. The van der Waals surface area contributed by atoms with Gasteiger partial charge in [-0.05, 0) is 80.8 Å². The van der Waals surface area contributed by atoms with Gasteiger partial charge in [0, 0.05) is 50.0 Å². The summed E-state index contributed by atoms with van der Waals surface area (Å²) in [6.45, 7) is 0. The summed E-state index contributed by atoms with van der Waals surface area (Å²) in [5.74, 6) is 0. The Kier molecular flexibility index (Phi) is 6.23. The van der Waals surface area contributed by atoms with Gasteiger partial charge in [0.1, 0.15) is 22.0 Å². The fourth-order valence-electron chi connectivity index (χ4n) is 8.52. The predicted octanol–water partition coefficient (Wildman–Crippen LogP) is 10.9. The number of rotatable bonds is 3. The van der Waals surface area contributed by atoms with Gasteiger partial charge in [-0.1, -0.05) is 103 Å². The van der Waals surface area contributed by atoms with Crippen LogP contribution < -0.4 is 16.2 Å². The molecule has 6 nitrogen and oxygen atoms in total. The van der Waals surface area contributed by atoms with E-state index in [-0.39, 0.29) is 0 Å². The zero-order valence-electron chi connectivity index (χ0n) is 29.1. The highest BCUT2D eigenvalue weighted by Crippen LogP contribution is 2.45. The molecule has 12 rings (SSSR count). The van der Waals surface area contributed by atoms with Crippen molar-refractivity contribution in [3.63, 3.8) is 0 Å². The van der Waals surface area contributed by atoms with Gasteiger partial charge in [-0.25, -0.2) is 9.97 Å². The van der Waals surface area contributed by atoms with Crippen LogP contribution in [-0.2, 0) is 4.57 Å². The van der Waals surface area contributed by atoms with Crippen molar-refractivity contribution in [1.82, 2.24) is 19.9 Å². The highest BCUT2D eigenvalue weighted by molar-refractivity contribution is 7.85. The van der Waals surface area contributed by atoms with Crippen LogP contribution in [-0.4, -0.2) is 19.9 Å². The average Bonchev–Trinajstić information content (AvgIpc) is 3.62. The molecule has 0 saturated carbocycles. The van der Waals surface area contributed by atoms with E-state index in [9.17, 15) is 0 Å². The molecule has 7 heteroatoms. The number of para-hydroxylation sites is 1. The Hall–Kier alpha value is -7.01. The molecule has 0 N–H and O–H groups in total. The maximum atomic E-state index is 16.5. The molecule has 0 aliphatic rings. The zero-order chi connectivity index (χ0) is 36.3. The molecule has 0 amide bonds. The number of fused-ring (bicyclic) bond motifs is 15. The molecule has 0 radical (unpaired) electrons. The van der Waals surface area contributed by atoms with E-state index in [2.05, 4.69) is 54.6 Å². The Labute approximate surface area is 313 Å². The van der Waals surface area contributed by atoms with Gasteiger partial charge in [-0.15, -0.1) is 0 Å². The molecule has 5 heterocycles. The van der Waals surface area contributed by atoms with Gasteiger partial charge in [0.25, 0.3) is 0 Å². The molecule has 256 valence electrons. The molecule has 0 spiro atoms. The maximum absolute atomic E-state index is 16.5. The Bertz CT molecular complexity index is 3550. The predicted molar refractivity (Wildman–Crippen MR) is 227 cm³/mol. The Morgan fingerprint density at radius 2 is 0.891 bits per heavy atom. The summed E-state index contributed by atoms with van der Waals surface area (Å²) < 4.78 is 22.9. The molecule has 5 aromatic heterocycles. The Morgan fingerprint density at radius 1 is 0.382 bits per heavy atom. The first-order chi connectivity index (χ1) is 27.1. The van der Waals surface area contributed by atoms with Crippen molar-refractivity contribution in [2.45, 2.75) is 0 Å². The van der Waals surface area contributed by atoms with E-state index in [0.29, 0.717) is 27.2 Å². The van der Waals surface area contributed by atoms with Gasteiger partial charge in [0.05, 0.1) is 22.1 Å². The molecule has 55 heavy (non-hydrogen) atoms. The van der Waals surface area contributed by atoms with Crippen molar-refractivity contribution in [3.05, 3.63) is 164 Å². The van der Waals surface area contributed by atoms with Gasteiger partial charge < -0.3 is 8.98 Å². The number of hydrogen-bond donors (Lipinski definition) is 0. The average molecular weight is 723 g/mol. The van der Waals surface area contributed by atoms with Crippen molar-refractivity contribution >= 4 is 121 Å². The van der Waals surface area contributed by atoms with E-state index in [4.69, 9.17) is 24.4 Å². The fraction of sp³-hybridized carbons (Fsp3) is 0. The summed E-state index contributed by atoms with van der Waals surface area (Å²) in [4.78, 5) is 19.9. The van der Waals surface area contributed by atoms with Crippen molar-refractivity contribution in [2.24, 2.45) is 0 Å². The van der Waals surface area contributed by atoms with Gasteiger partial charge in [-0.2, -0.15) is 0 Å². The van der Waals surface area contributed by atoms with Crippen LogP contribution >= 0.6 is 7.14 Å². The number of pyridine rings is 4. The zero-order valence-corrected chi connectivity index (χ0v) is 30.0. The van der Waals surface area contributed by atoms with Crippen LogP contribution in [0.1, 0.15) is 0 Å². The first-order valence-corrected chi connectivity index (χ1v) is 19.9. The Morgan fingerprint density at radius 3 is 1.53 bits per heavy atom. The standard InChI is InChI=1S/C48H27N4O2P/c53-55(43-21-17-30-15-13-28-7-5-23-49-45(28)47(30)51-43,44-22-18-31-16-14-29-8-6-24-50-46(29)48(31)52-44)32-19-20-35-37(25-32)33-9-1-2-10-34(33)38-26-40-36-11-3-4-12-41(36)54-42(40)27-39(35)38/h1-27H. The van der Waals surface area contributed by atoms with Crippen LogP contribution in [0.3, 0.4) is 0 Å². The summed E-state index contributed by atoms with van der Waals surface area (Å²) in [7, 11) is -3.74. The van der Waals surface area contributed by atoms with E-state index in [1.807, 2.05) is 97.1 Å². The lowest BCUT2D eigenvalue weighted by molar-refractivity contribution is 0.591. The Balaban J connectivity index is 1.18. The van der Waals surface area contributed by atoms with Gasteiger partial charge in [0.15, 0.2) is 0 Å². The number of furan rings is 1. The summed E-state index contributed by atoms with van der Waals surface area (Å²) in [5, 5.41) is 13.1. The summed E-state index contributed by atoms with van der Waals surface area (Å²) >= 11 is 0. The second-order valence-corrected chi connectivity index (χ2v) is 16.8. The van der Waals surface area contributed by atoms with Crippen LogP contribution in [0.25, 0.3) is 97.9 Å². The lowest BCUT2D eigenvalue weighted by Gasteiger charge is -2.21. The molecule has 0 aliphatic carbocycles. The molecule has 0 fully saturated rings. The van der Waals surface area contributed by atoms with Gasteiger partial charge in [-0.3, -0.25) is 9.97 Å². The molecule has 7 aromatic carbocycles. The van der Waals surface area contributed by atoms with Crippen LogP contribution in [0.4, 0.5) is 0 Å². The van der Waals surface area contributed by atoms with E-state index < -0.39 is 7.14 Å². The normalized spacial score (nSPS) is 12.4. The second-order valence-electron chi connectivity index (χ2n) is 14.1. The third kappa shape index (κ3) is 4.34. The molecule has 0 aliphatic heterocycles. The monoisotopic (exact) mass is 722 g/mol. The third-order valence-corrected chi connectivity index (χ3v) is 14.0. The maximum Gasteiger partial charge on any atom is 0.206 e. The minimum Gasteiger partial charge on any atom is -0.456 e. The van der Waals surface area contributed by atoms with Crippen molar-refractivity contribution in [1.29, 1.82) is 0 Å². The summed E-state index contributed by atoms with van der Waals surface area (Å²) in [6, 6.07) is 51.1. The summed E-state index contributed by atoms with van der Waals surface area (Å²) in [6.07, 6.45) is 3.55. The van der Waals surface area contributed by atoms with Crippen molar-refractivity contribution < 1.29 is 8.98 Å². The largest absolute Gasteiger partial charge is 0.456 e. The van der Waals surface area contributed by atoms with Crippen LogP contribution in [0.2, 0.25) is 0 Å². The SMILES string of the molecule is O=P(c1ccc2c(c1)c1ccccc1c1cc3c(cc21)oc1ccccc13)(c1ccc2ccc3cccnc3c2n1)c1ccc2ccc3cccnc3c2n1. The topological polar surface area (TPSA) is 81.8 Å². The molecule has 0 saturated heterocycles. The third-order valence-electron chi connectivity index (χ3n) is 11.2. The summed E-state index contributed by atoms with van der Waals surface area (Å²) in [5.41, 5.74) is 5.54. The van der Waals surface area contributed by atoms with Crippen LogP contribution in [0, 0.1) is 0 Å². The quantitative estimate of drug-likeness (QED) is 0.133. The molecule has 0 bridgehead atoms. The number of nitrogens with zero attached hydrogens (tertiary/aromatic N) is 4. The van der Waals surface area contributed by atoms with E-state index in [1.165, 1.54) is 0 Å². The minimum atomic E-state index is -3.74. The van der Waals surface area contributed by atoms with Crippen molar-refractivity contribution in [3.8, 4) is 0 Å². The van der Waals surface area contributed by atoms with E-state index in [1.54, 1.807) is 12.4 Å². The number of aromatic nitrogens is 4. The van der Waals surface area contributed by atoms with E-state index >= 15 is 4.57 Å². The first-order valence-electron chi connectivity index (χ1n) is 18.2. The smallest absolute Gasteiger partial charge is 0.206 e. The van der Waals surface area contributed by atoms with Crippen LogP contribution in [0.5, 0.6) is 0 Å². The molecule has 0 unspecified atom stereocenters. The van der Waals surface area contributed by atoms with Crippen LogP contribution in [0.15, 0.2) is 168 Å². The second kappa shape index (κ2) is 11.3. The van der Waals surface area contributed by atoms with Gasteiger partial charge >= 0.3 is 0 Å². The molecular formula is C48H27N4O2P. The lowest BCUT2D eigenvalue weighted by atomic mass is 9.93. The molecular weight excluding hydrogens is 696 g/mol. The number of hydrogen-bond acceptors (Lipinski definition) is 6. The van der Waals surface area contributed by atoms with E-state index in [0.717, 1.165) is 86.8 Å². The molecule has 12 aromatic rings. The van der Waals surface area contributed by atoms with Gasteiger partial charge in [0.2, 0.25) is 7.14 Å². The number of benzene rings is 7. The molecule has 0 atom stereocenters. The lowest BCUT2D eigenvalue weighted by Crippen LogP contribution is -2.29. The fourth-order valence-corrected chi connectivity index (χ4v) is 10.9. The first kappa shape index (κ1) is 30.5.